The number of phenolic OH excluding ortho intramolecular Hbond substituents is 1. The van der Waals surface area contributed by atoms with Crippen LogP contribution in [0.2, 0.25) is 0 Å². The lowest BCUT2D eigenvalue weighted by molar-refractivity contribution is 0.0879. The van der Waals surface area contributed by atoms with E-state index in [1.165, 1.54) is 24.3 Å². The van der Waals surface area contributed by atoms with Crippen molar-refractivity contribution in [1.29, 1.82) is 0 Å². The second kappa shape index (κ2) is 12.7. The van der Waals surface area contributed by atoms with E-state index in [1.54, 1.807) is 24.3 Å². The SMILES string of the molecule is Nc1cc2c(O)c(N)c(S(=O)(=O)O)cc2cc1S(=O)(=O)O.Nc1ccc(N)c2cc(S(=O)(=O)O)ccc12.Nc1ccc2c(c1)C(=O)NC2=O. The highest BCUT2D eigenvalue weighted by Crippen LogP contribution is 2.39. The minimum atomic E-state index is -4.73. The van der Waals surface area contributed by atoms with Crippen LogP contribution >= 0.6 is 0 Å². The van der Waals surface area contributed by atoms with Crippen LogP contribution in [0.3, 0.4) is 0 Å². The lowest BCUT2D eigenvalue weighted by atomic mass is 10.1. The molecule has 6 rings (SSSR count). The van der Waals surface area contributed by atoms with Gasteiger partial charge >= 0.3 is 0 Å². The van der Waals surface area contributed by atoms with Crippen molar-refractivity contribution in [3.05, 3.63) is 77.9 Å². The van der Waals surface area contributed by atoms with Gasteiger partial charge in [0.05, 0.1) is 27.4 Å². The van der Waals surface area contributed by atoms with E-state index < -0.39 is 51.6 Å². The molecule has 0 aromatic heterocycles. The van der Waals surface area contributed by atoms with Crippen LogP contribution in [0.25, 0.3) is 21.5 Å². The molecule has 21 heteroatoms. The third-order valence-corrected chi connectivity index (χ3v) is 9.57. The van der Waals surface area contributed by atoms with E-state index in [0.29, 0.717) is 39.0 Å². The third-order valence-electron chi connectivity index (χ3n) is 6.91. The minimum absolute atomic E-state index is 0.0372. The van der Waals surface area contributed by atoms with Crippen molar-refractivity contribution in [2.24, 2.45) is 0 Å². The number of rotatable bonds is 3. The van der Waals surface area contributed by atoms with Crippen molar-refractivity contribution >= 4 is 92.2 Å². The van der Waals surface area contributed by atoms with Gasteiger partial charge in [0.2, 0.25) is 0 Å². The van der Waals surface area contributed by atoms with E-state index in [9.17, 15) is 39.9 Å². The normalized spacial score (nSPS) is 12.8. The van der Waals surface area contributed by atoms with Gasteiger partial charge in [-0.25, -0.2) is 0 Å². The van der Waals surface area contributed by atoms with E-state index in [-0.39, 0.29) is 33.2 Å². The Kier molecular flexibility index (Phi) is 9.38. The molecule has 5 aromatic rings. The fourth-order valence-electron chi connectivity index (χ4n) is 4.57. The minimum Gasteiger partial charge on any atom is -0.505 e. The van der Waals surface area contributed by atoms with Crippen LogP contribution in [0, 0.1) is 0 Å². The van der Waals surface area contributed by atoms with Gasteiger partial charge in [-0.3, -0.25) is 28.6 Å². The van der Waals surface area contributed by atoms with Crippen molar-refractivity contribution in [2.45, 2.75) is 14.7 Å². The van der Waals surface area contributed by atoms with Crippen molar-refractivity contribution in [1.82, 2.24) is 5.32 Å². The first-order valence-electron chi connectivity index (χ1n) is 13.1. The van der Waals surface area contributed by atoms with Crippen molar-refractivity contribution in [3.8, 4) is 5.75 Å². The Labute approximate surface area is 277 Å². The molecule has 0 fully saturated rings. The second-order valence-corrected chi connectivity index (χ2v) is 14.4. The van der Waals surface area contributed by atoms with E-state index >= 15 is 0 Å². The molecule has 0 aliphatic carbocycles. The van der Waals surface area contributed by atoms with Crippen LogP contribution in [0.5, 0.6) is 5.75 Å². The zero-order valence-electron chi connectivity index (χ0n) is 24.5. The summed E-state index contributed by atoms with van der Waals surface area (Å²) in [4.78, 5) is 20.4. The van der Waals surface area contributed by atoms with Gasteiger partial charge in [-0.2, -0.15) is 25.3 Å². The van der Waals surface area contributed by atoms with E-state index in [2.05, 4.69) is 5.32 Å². The van der Waals surface area contributed by atoms with Gasteiger partial charge in [0.15, 0.2) is 0 Å². The van der Waals surface area contributed by atoms with Crippen LogP contribution in [-0.2, 0) is 30.4 Å². The maximum atomic E-state index is 11.2. The van der Waals surface area contributed by atoms with E-state index in [1.807, 2.05) is 0 Å². The molecular formula is C28H26N6O12S3. The summed E-state index contributed by atoms with van der Waals surface area (Å²) in [7, 11) is -13.6. The molecule has 0 saturated carbocycles. The number of carbonyl (C=O) groups is 2. The lowest BCUT2D eigenvalue weighted by Gasteiger charge is -2.11. The topological polar surface area (TPSA) is 360 Å². The number of phenols is 1. The highest BCUT2D eigenvalue weighted by Gasteiger charge is 2.26. The summed E-state index contributed by atoms with van der Waals surface area (Å²) < 4.78 is 93.5. The molecule has 0 radical (unpaired) electrons. The zero-order valence-corrected chi connectivity index (χ0v) is 27.0. The molecule has 0 bridgehead atoms. The number of nitrogens with two attached hydrogens (primary N) is 5. The highest BCUT2D eigenvalue weighted by atomic mass is 32.2. The largest absolute Gasteiger partial charge is 0.505 e. The average molecular weight is 735 g/mol. The number of fused-ring (bicyclic) bond motifs is 3. The number of amides is 2. The highest BCUT2D eigenvalue weighted by molar-refractivity contribution is 7.86. The standard InChI is InChI=1S/C10H10N2O7S2.C10H10N2O3S.C8H6N2O2/c11-6-3-5-4(1-7(6)20(14,15)16)2-8(21(17,18)19)9(12)10(5)13;11-9-3-4-10(12)8-5-6(16(13,14)15)1-2-7(8)9;9-4-1-2-5-6(3-4)8(12)10-7(5)11/h1-3,13H,11-12H2,(H,14,15,16)(H,17,18,19);1-5H,11-12H2,(H,13,14,15);1-3H,9H2,(H,10,11,12). The molecule has 1 heterocycles. The molecule has 2 amide bonds. The van der Waals surface area contributed by atoms with Crippen LogP contribution in [-0.4, -0.2) is 55.8 Å². The van der Waals surface area contributed by atoms with Gasteiger partial charge in [-0.15, -0.1) is 0 Å². The molecule has 1 aliphatic heterocycles. The van der Waals surface area contributed by atoms with E-state index in [0.717, 1.165) is 18.2 Å². The number of hydrogen-bond acceptors (Lipinski definition) is 14. The molecule has 0 saturated heterocycles. The van der Waals surface area contributed by atoms with Gasteiger partial charge in [-0.05, 0) is 66.0 Å². The summed E-state index contributed by atoms with van der Waals surface area (Å²) in [5, 5.41) is 13.1. The Hall–Kier alpha value is -5.71. The third kappa shape index (κ3) is 7.56. The Morgan fingerprint density at radius 3 is 1.65 bits per heavy atom. The molecule has 0 unspecified atom stereocenters. The first-order chi connectivity index (χ1) is 22.5. The fourth-order valence-corrected chi connectivity index (χ4v) is 6.36. The summed E-state index contributed by atoms with van der Waals surface area (Å²) in [5.41, 5.74) is 28.9. The van der Waals surface area contributed by atoms with Crippen molar-refractivity contribution in [3.63, 3.8) is 0 Å². The van der Waals surface area contributed by atoms with Crippen molar-refractivity contribution < 1.29 is 53.6 Å². The maximum absolute atomic E-state index is 11.2. The maximum Gasteiger partial charge on any atom is 0.296 e. The Morgan fingerprint density at radius 1 is 0.531 bits per heavy atom. The molecule has 18 nitrogen and oxygen atoms in total. The van der Waals surface area contributed by atoms with Crippen LogP contribution in [0.4, 0.5) is 28.4 Å². The molecule has 5 aromatic carbocycles. The van der Waals surface area contributed by atoms with Crippen LogP contribution in [0.1, 0.15) is 20.7 Å². The fraction of sp³-hybridized carbons (Fsp3) is 0. The van der Waals surface area contributed by atoms with Gasteiger partial charge < -0.3 is 33.8 Å². The summed E-state index contributed by atoms with van der Waals surface area (Å²) in [6, 6.07) is 14.7. The molecule has 258 valence electrons. The second-order valence-electron chi connectivity index (χ2n) is 10.2. The first kappa shape index (κ1) is 36.1. The van der Waals surface area contributed by atoms with Gasteiger partial charge in [0, 0.05) is 33.2 Å². The number of nitrogens with one attached hydrogen (secondary N) is 1. The average Bonchev–Trinajstić information content (AvgIpc) is 3.27. The number of hydrogen-bond donors (Lipinski definition) is 10. The zero-order chi connectivity index (χ0) is 36.8. The van der Waals surface area contributed by atoms with Crippen LogP contribution < -0.4 is 34.0 Å². The van der Waals surface area contributed by atoms with Gasteiger partial charge in [0.1, 0.15) is 15.5 Å². The van der Waals surface area contributed by atoms with Crippen LogP contribution in [0.15, 0.2) is 81.4 Å². The quantitative estimate of drug-likeness (QED) is 0.0544. The number of carbonyl (C=O) groups excluding carboxylic acids is 2. The van der Waals surface area contributed by atoms with Gasteiger partial charge in [-0.1, -0.05) is 6.07 Å². The molecule has 0 atom stereocenters. The molecule has 49 heavy (non-hydrogen) atoms. The van der Waals surface area contributed by atoms with Crippen molar-refractivity contribution in [2.75, 3.05) is 28.7 Å². The lowest BCUT2D eigenvalue weighted by Crippen LogP contribution is -2.19. The summed E-state index contributed by atoms with van der Waals surface area (Å²) in [6.45, 7) is 0. The number of nitrogen functional groups attached to an aromatic ring is 5. The Bertz CT molecular complexity index is 2550. The number of aromatic hydroxyl groups is 1. The van der Waals surface area contributed by atoms with E-state index in [4.69, 9.17) is 42.3 Å². The Balaban J connectivity index is 0.000000172. The number of imide groups is 1. The number of benzene rings is 5. The monoisotopic (exact) mass is 734 g/mol. The summed E-state index contributed by atoms with van der Waals surface area (Å²) >= 11 is 0. The predicted octanol–water partition coefficient (Wildman–Crippen LogP) is 1.61. The molecule has 1 aliphatic rings. The van der Waals surface area contributed by atoms with Gasteiger partial charge in [0.25, 0.3) is 42.2 Å². The molecule has 0 spiro atoms. The summed E-state index contributed by atoms with van der Waals surface area (Å²) in [6.07, 6.45) is 0. The molecular weight excluding hydrogens is 709 g/mol. The molecule has 15 N–H and O–H groups in total. The smallest absolute Gasteiger partial charge is 0.296 e. The predicted molar refractivity (Wildman–Crippen MR) is 179 cm³/mol. The Morgan fingerprint density at radius 2 is 1.08 bits per heavy atom. The number of anilines is 5. The summed E-state index contributed by atoms with van der Waals surface area (Å²) in [5.74, 6) is -1.41. The first-order valence-corrected chi connectivity index (χ1v) is 17.4.